The molecule has 0 saturated carbocycles. The summed E-state index contributed by atoms with van der Waals surface area (Å²) in [5.41, 5.74) is 5.89. The normalized spacial score (nSPS) is 22.9. The van der Waals surface area contributed by atoms with Crippen molar-refractivity contribution in [3.8, 4) is 0 Å². The van der Waals surface area contributed by atoms with Crippen LogP contribution in [0, 0.1) is 0 Å². The summed E-state index contributed by atoms with van der Waals surface area (Å²) in [5.74, 6) is 0. The summed E-state index contributed by atoms with van der Waals surface area (Å²) in [6.45, 7) is 8.57. The molecule has 0 spiro atoms. The van der Waals surface area contributed by atoms with Gasteiger partial charge in [0.25, 0.3) is 8.32 Å². The zero-order chi connectivity index (χ0) is 57.1. The van der Waals surface area contributed by atoms with E-state index in [1.165, 1.54) is 0 Å². The molecule has 0 amide bonds. The first-order valence-electron chi connectivity index (χ1n) is 28.9. The van der Waals surface area contributed by atoms with E-state index in [1.807, 2.05) is 158 Å². The summed E-state index contributed by atoms with van der Waals surface area (Å²) in [7, 11) is -1.56. The van der Waals surface area contributed by atoms with Crippen LogP contribution >= 0.6 is 0 Å². The molecule has 2 saturated heterocycles. The van der Waals surface area contributed by atoms with Crippen LogP contribution in [0.4, 0.5) is 0 Å². The van der Waals surface area contributed by atoms with Crippen molar-refractivity contribution in [1.82, 2.24) is 0 Å². The lowest BCUT2D eigenvalue weighted by Crippen LogP contribution is -2.69. The standard InChI is InChI=1S/C71H78O11Si/c1-71(2,3)83(59-41-25-11-26-42-59,60-43-27-12-28-44-60)79-52-62-63(74-46-54-31-15-6-16-32-54)65(75-47-55-33-17-7-18-34-55)68(78-50-58-39-23-10-24-40-58)70(81-62)82-64-61(51-73-45-53-29-13-5-14-30-53)80-69(72-4)67(77-49-57-37-21-9-22-38-57)66(64)76-48-56-35-19-8-20-36-56/h5-44,61-70H,45-52H2,1-4H3/t61-,62-,63-,64-,65+,66+,67-,68-,69+,70?/m1/s1. The van der Waals surface area contributed by atoms with Crippen LogP contribution in [0.5, 0.6) is 0 Å². The molecule has 10 rings (SSSR count). The Morgan fingerprint density at radius 3 is 1.01 bits per heavy atom. The molecule has 432 valence electrons. The summed E-state index contributed by atoms with van der Waals surface area (Å²) < 4.78 is 79.0. The highest BCUT2D eigenvalue weighted by Crippen LogP contribution is 2.40. The molecule has 8 aromatic rings. The van der Waals surface area contributed by atoms with Gasteiger partial charge in [0.05, 0.1) is 52.9 Å². The van der Waals surface area contributed by atoms with Gasteiger partial charge in [-0.05, 0) is 48.8 Å². The van der Waals surface area contributed by atoms with E-state index in [4.69, 9.17) is 51.8 Å². The number of ether oxygens (including phenoxy) is 10. The number of hydrogen-bond donors (Lipinski definition) is 0. The quantitative estimate of drug-likeness (QED) is 0.0460. The molecule has 11 nitrogen and oxygen atoms in total. The molecule has 10 atom stereocenters. The Labute approximate surface area is 491 Å². The average molecular weight is 1140 g/mol. The van der Waals surface area contributed by atoms with E-state index in [0.29, 0.717) is 6.61 Å². The molecule has 2 heterocycles. The van der Waals surface area contributed by atoms with Gasteiger partial charge in [-0.2, -0.15) is 0 Å². The highest BCUT2D eigenvalue weighted by molar-refractivity contribution is 6.99. The van der Waals surface area contributed by atoms with Crippen LogP contribution in [-0.4, -0.2) is 90.1 Å². The summed E-state index contributed by atoms with van der Waals surface area (Å²) >= 11 is 0. The first kappa shape index (κ1) is 59.7. The number of benzene rings is 8. The maximum absolute atomic E-state index is 7.82. The number of rotatable bonds is 27. The lowest BCUT2D eigenvalue weighted by Gasteiger charge is -2.51. The van der Waals surface area contributed by atoms with Crippen molar-refractivity contribution in [2.75, 3.05) is 20.3 Å². The fraction of sp³-hybridized carbons (Fsp3) is 0.324. The molecule has 12 heteroatoms. The molecule has 83 heavy (non-hydrogen) atoms. The van der Waals surface area contributed by atoms with Crippen LogP contribution in [0.1, 0.15) is 54.2 Å². The largest absolute Gasteiger partial charge is 0.405 e. The summed E-state index contributed by atoms with van der Waals surface area (Å²) in [5, 5.41) is 1.92. The highest BCUT2D eigenvalue weighted by Gasteiger charge is 2.56. The first-order valence-corrected chi connectivity index (χ1v) is 30.8. The van der Waals surface area contributed by atoms with Gasteiger partial charge in [-0.1, -0.05) is 263 Å². The van der Waals surface area contributed by atoms with Crippen molar-refractivity contribution in [1.29, 1.82) is 0 Å². The predicted molar refractivity (Wildman–Crippen MR) is 324 cm³/mol. The minimum Gasteiger partial charge on any atom is -0.405 e. The molecular formula is C71H78O11Si. The lowest BCUT2D eigenvalue weighted by molar-refractivity contribution is -0.375. The third kappa shape index (κ3) is 15.7. The molecule has 0 N–H and O–H groups in total. The van der Waals surface area contributed by atoms with Crippen LogP contribution in [0.3, 0.4) is 0 Å². The minimum atomic E-state index is -3.19. The van der Waals surface area contributed by atoms with Gasteiger partial charge in [0.2, 0.25) is 0 Å². The molecule has 2 aliphatic heterocycles. The maximum atomic E-state index is 7.82. The second-order valence-electron chi connectivity index (χ2n) is 22.2. The van der Waals surface area contributed by atoms with Gasteiger partial charge >= 0.3 is 0 Å². The zero-order valence-corrected chi connectivity index (χ0v) is 49.0. The Kier molecular flexibility index (Phi) is 21.5. The van der Waals surface area contributed by atoms with E-state index in [9.17, 15) is 0 Å². The zero-order valence-electron chi connectivity index (χ0n) is 48.0. The third-order valence-corrected chi connectivity index (χ3v) is 20.4. The average Bonchev–Trinajstić information content (AvgIpc) is 2.75. The molecule has 1 unspecified atom stereocenters. The van der Waals surface area contributed by atoms with Crippen molar-refractivity contribution in [3.05, 3.63) is 276 Å². The second-order valence-corrected chi connectivity index (χ2v) is 26.5. The van der Waals surface area contributed by atoms with E-state index < -0.39 is 69.7 Å². The van der Waals surface area contributed by atoms with Crippen LogP contribution in [0.15, 0.2) is 243 Å². The fourth-order valence-corrected chi connectivity index (χ4v) is 15.8. The van der Waals surface area contributed by atoms with Crippen LogP contribution in [0.25, 0.3) is 0 Å². The van der Waals surface area contributed by atoms with Gasteiger partial charge in [-0.15, -0.1) is 0 Å². The molecular weight excluding hydrogens is 1060 g/mol. The van der Waals surface area contributed by atoms with E-state index >= 15 is 0 Å². The molecule has 0 radical (unpaired) electrons. The fourth-order valence-electron chi connectivity index (χ4n) is 11.2. The molecule has 2 aliphatic rings. The molecule has 0 aromatic heterocycles. The van der Waals surface area contributed by atoms with Crippen molar-refractivity contribution in [3.63, 3.8) is 0 Å². The highest BCUT2D eigenvalue weighted by atomic mass is 28.4. The van der Waals surface area contributed by atoms with Gasteiger partial charge in [0, 0.05) is 7.11 Å². The molecule has 0 bridgehead atoms. The summed E-state index contributed by atoms with van der Waals surface area (Å²) in [6, 6.07) is 81.9. The smallest absolute Gasteiger partial charge is 0.261 e. The van der Waals surface area contributed by atoms with E-state index in [2.05, 4.69) is 106 Å². The van der Waals surface area contributed by atoms with Crippen LogP contribution in [-0.2, 0) is 91.4 Å². The van der Waals surface area contributed by atoms with Crippen molar-refractivity contribution in [2.45, 2.75) is 127 Å². The molecule has 0 aliphatic carbocycles. The predicted octanol–water partition coefficient (Wildman–Crippen LogP) is 12.2. The minimum absolute atomic E-state index is 0.107. The maximum Gasteiger partial charge on any atom is 0.261 e. The Bertz CT molecular complexity index is 3030. The van der Waals surface area contributed by atoms with E-state index in [-0.39, 0.29) is 51.3 Å². The monoisotopic (exact) mass is 1130 g/mol. The second kappa shape index (κ2) is 29.9. The van der Waals surface area contributed by atoms with Crippen LogP contribution in [0.2, 0.25) is 5.04 Å². The number of hydrogen-bond acceptors (Lipinski definition) is 11. The molecule has 2 fully saturated rings. The lowest BCUT2D eigenvalue weighted by atomic mass is 9.95. The summed E-state index contributed by atoms with van der Waals surface area (Å²) in [6.07, 6.45) is -8.59. The third-order valence-electron chi connectivity index (χ3n) is 15.4. The van der Waals surface area contributed by atoms with E-state index in [0.717, 1.165) is 43.8 Å². The van der Waals surface area contributed by atoms with Gasteiger partial charge in [-0.3, -0.25) is 0 Å². The van der Waals surface area contributed by atoms with E-state index in [1.54, 1.807) is 7.11 Å². The Hall–Kier alpha value is -6.46. The van der Waals surface area contributed by atoms with Crippen molar-refractivity contribution < 1.29 is 51.8 Å². The van der Waals surface area contributed by atoms with Gasteiger partial charge in [-0.25, -0.2) is 0 Å². The van der Waals surface area contributed by atoms with Gasteiger partial charge < -0.3 is 51.8 Å². The Balaban J connectivity index is 1.10. The first-order chi connectivity index (χ1) is 40.8. The topological polar surface area (TPSA) is 102 Å². The molecule has 8 aromatic carbocycles. The summed E-state index contributed by atoms with van der Waals surface area (Å²) in [4.78, 5) is 0. The Morgan fingerprint density at radius 2 is 0.639 bits per heavy atom. The van der Waals surface area contributed by atoms with Crippen molar-refractivity contribution in [2.24, 2.45) is 0 Å². The van der Waals surface area contributed by atoms with Crippen molar-refractivity contribution >= 4 is 18.7 Å². The van der Waals surface area contributed by atoms with Gasteiger partial charge in [0.1, 0.15) is 48.8 Å². The SMILES string of the molecule is CO[C@H]1O[C@H](COCc2ccccc2)[C@@H](OC2O[C@H](CO[Si](c3ccccc3)(c3ccccc3)C(C)(C)C)[C@@H](OCc3ccccc3)[C@H](OCc3ccccc3)[C@H]2OCc2ccccc2)[C@H](OCc2ccccc2)[C@H]1OCc1ccccc1. The Morgan fingerprint density at radius 1 is 0.337 bits per heavy atom. The van der Waals surface area contributed by atoms with Gasteiger partial charge in [0.15, 0.2) is 12.6 Å². The number of methoxy groups -OCH3 is 1. The van der Waals surface area contributed by atoms with Crippen LogP contribution < -0.4 is 10.4 Å².